The summed E-state index contributed by atoms with van der Waals surface area (Å²) in [5.41, 5.74) is 0.995. The van der Waals surface area contributed by atoms with Gasteiger partial charge in [0.15, 0.2) is 0 Å². The number of nitrogens with zero attached hydrogens (tertiary/aromatic N) is 2. The molecule has 0 aromatic carbocycles. The van der Waals surface area contributed by atoms with Crippen LogP contribution in [0.5, 0.6) is 0 Å². The Morgan fingerprint density at radius 2 is 2.36 bits per heavy atom. The molecule has 0 radical (unpaired) electrons. The maximum absolute atomic E-state index is 10.6. The third-order valence-corrected chi connectivity index (χ3v) is 1.48. The Morgan fingerprint density at radius 3 is 2.93 bits per heavy atom. The molecule has 5 nitrogen and oxygen atoms in total. The van der Waals surface area contributed by atoms with Crippen molar-refractivity contribution in [2.24, 2.45) is 0 Å². The fourth-order valence-corrected chi connectivity index (χ4v) is 0.868. The molecule has 0 aliphatic rings. The van der Waals surface area contributed by atoms with E-state index >= 15 is 0 Å². The van der Waals surface area contributed by atoms with Gasteiger partial charge in [-0.3, -0.25) is 10.1 Å². The highest BCUT2D eigenvalue weighted by Gasteiger charge is 2.12. The zero-order valence-electron chi connectivity index (χ0n) is 8.02. The monoisotopic (exact) mass is 193 g/mol. The first-order valence-electron chi connectivity index (χ1n) is 4.10. The maximum Gasteiger partial charge on any atom is 0.311 e. The van der Waals surface area contributed by atoms with Crippen LogP contribution < -0.4 is 5.32 Å². The number of rotatable bonds is 3. The number of nitrogens with one attached hydrogen (secondary N) is 1. The Labute approximate surface area is 81.6 Å². The van der Waals surface area contributed by atoms with Crippen molar-refractivity contribution in [1.82, 2.24) is 4.98 Å². The van der Waals surface area contributed by atoms with Crippen molar-refractivity contribution in [3.63, 3.8) is 0 Å². The Morgan fingerprint density at radius 1 is 1.64 bits per heavy atom. The van der Waals surface area contributed by atoms with Gasteiger partial charge < -0.3 is 5.32 Å². The van der Waals surface area contributed by atoms with Gasteiger partial charge >= 0.3 is 5.69 Å². The molecule has 0 unspecified atom stereocenters. The molecule has 0 amide bonds. The van der Waals surface area contributed by atoms with Crippen LogP contribution in [0.3, 0.4) is 0 Å². The summed E-state index contributed by atoms with van der Waals surface area (Å²) >= 11 is 0. The number of hydrogen-bond acceptors (Lipinski definition) is 4. The van der Waals surface area contributed by atoms with Crippen LogP contribution in [-0.4, -0.2) is 9.91 Å². The molecule has 0 aliphatic carbocycles. The largest absolute Gasteiger partial charge is 0.341 e. The molecule has 0 bridgehead atoms. The van der Waals surface area contributed by atoms with Crippen LogP contribution in [0, 0.1) is 10.1 Å². The first-order valence-corrected chi connectivity index (χ1v) is 4.10. The summed E-state index contributed by atoms with van der Waals surface area (Å²) in [6, 6.07) is 2.94. The summed E-state index contributed by atoms with van der Waals surface area (Å²) in [5, 5.41) is 13.4. The van der Waals surface area contributed by atoms with Gasteiger partial charge in [-0.05, 0) is 19.9 Å². The predicted octanol–water partition coefficient (Wildman–Crippen LogP) is 2.33. The number of nitro groups is 1. The molecule has 5 heteroatoms. The van der Waals surface area contributed by atoms with E-state index in [-0.39, 0.29) is 11.5 Å². The van der Waals surface area contributed by atoms with E-state index in [9.17, 15) is 10.1 Å². The number of anilines is 1. The van der Waals surface area contributed by atoms with E-state index in [4.69, 9.17) is 0 Å². The van der Waals surface area contributed by atoms with Crippen molar-refractivity contribution >= 4 is 11.5 Å². The highest BCUT2D eigenvalue weighted by molar-refractivity contribution is 5.56. The van der Waals surface area contributed by atoms with Gasteiger partial charge in [-0.1, -0.05) is 5.57 Å². The third kappa shape index (κ3) is 2.55. The summed E-state index contributed by atoms with van der Waals surface area (Å²) in [7, 11) is 0. The number of aromatic nitrogens is 1. The molecule has 1 rings (SSSR count). The average molecular weight is 193 g/mol. The van der Waals surface area contributed by atoms with Gasteiger partial charge in [0.05, 0.1) is 4.92 Å². The van der Waals surface area contributed by atoms with Crippen LogP contribution in [0.4, 0.5) is 11.5 Å². The Bertz CT molecular complexity index is 370. The minimum absolute atomic E-state index is 0.0231. The molecule has 74 valence electrons. The molecular weight excluding hydrogens is 182 g/mol. The van der Waals surface area contributed by atoms with Gasteiger partial charge in [-0.2, -0.15) is 0 Å². The van der Waals surface area contributed by atoms with Gasteiger partial charge in [0.2, 0.25) is 5.82 Å². The topological polar surface area (TPSA) is 68.1 Å². The third-order valence-electron chi connectivity index (χ3n) is 1.48. The van der Waals surface area contributed by atoms with E-state index in [0.717, 1.165) is 5.57 Å². The summed E-state index contributed by atoms with van der Waals surface area (Å²) in [5.74, 6) is 0.263. The molecule has 1 aromatic heterocycles. The molecule has 1 heterocycles. The van der Waals surface area contributed by atoms with Crippen molar-refractivity contribution in [3.8, 4) is 0 Å². The first kappa shape index (κ1) is 10.2. The van der Waals surface area contributed by atoms with Crippen molar-refractivity contribution < 1.29 is 4.92 Å². The minimum Gasteiger partial charge on any atom is -0.341 e. The minimum atomic E-state index is -0.464. The molecule has 0 spiro atoms. The lowest BCUT2D eigenvalue weighted by Crippen LogP contribution is -1.98. The molecular formula is C9H11N3O2. The zero-order valence-corrected chi connectivity index (χ0v) is 8.02. The fraction of sp³-hybridized carbons (Fsp3) is 0.222. The van der Waals surface area contributed by atoms with E-state index in [1.165, 1.54) is 18.3 Å². The molecule has 0 saturated heterocycles. The maximum atomic E-state index is 10.6. The Balaban J connectivity index is 2.96. The van der Waals surface area contributed by atoms with Crippen LogP contribution in [-0.2, 0) is 0 Å². The van der Waals surface area contributed by atoms with Crippen molar-refractivity contribution in [1.29, 1.82) is 0 Å². The van der Waals surface area contributed by atoms with Crippen LogP contribution in [0.1, 0.15) is 13.8 Å². The summed E-state index contributed by atoms with van der Waals surface area (Å²) < 4.78 is 0. The van der Waals surface area contributed by atoms with Gasteiger partial charge in [-0.15, -0.1) is 0 Å². The molecule has 0 fully saturated rings. The van der Waals surface area contributed by atoms with Crippen molar-refractivity contribution in [2.45, 2.75) is 13.8 Å². The Hall–Kier alpha value is -1.91. The lowest BCUT2D eigenvalue weighted by molar-refractivity contribution is -0.384. The second-order valence-electron chi connectivity index (χ2n) is 2.99. The van der Waals surface area contributed by atoms with Crippen molar-refractivity contribution in [3.05, 3.63) is 40.2 Å². The van der Waals surface area contributed by atoms with Crippen LogP contribution >= 0.6 is 0 Å². The summed E-state index contributed by atoms with van der Waals surface area (Å²) in [6.07, 6.45) is 3.18. The standard InChI is InChI=1S/C9H11N3O2/c1-7(2)6-11-9-8(12(13)14)4-3-5-10-9/h3-6H,1-2H3,(H,10,11). The molecule has 14 heavy (non-hydrogen) atoms. The number of allylic oxidation sites excluding steroid dienone is 1. The predicted molar refractivity (Wildman–Crippen MR) is 53.9 cm³/mol. The van der Waals surface area contributed by atoms with E-state index in [2.05, 4.69) is 10.3 Å². The van der Waals surface area contributed by atoms with Gasteiger partial charge in [-0.25, -0.2) is 4.98 Å². The summed E-state index contributed by atoms with van der Waals surface area (Å²) in [6.45, 7) is 3.78. The normalized spacial score (nSPS) is 9.29. The van der Waals surface area contributed by atoms with E-state index in [1.54, 1.807) is 6.20 Å². The van der Waals surface area contributed by atoms with Gasteiger partial charge in [0, 0.05) is 18.5 Å². The highest BCUT2D eigenvalue weighted by Crippen LogP contribution is 2.20. The van der Waals surface area contributed by atoms with Crippen LogP contribution in [0.25, 0.3) is 0 Å². The molecule has 0 aliphatic heterocycles. The highest BCUT2D eigenvalue weighted by atomic mass is 16.6. The molecule has 1 aromatic rings. The number of hydrogen-bond donors (Lipinski definition) is 1. The zero-order chi connectivity index (χ0) is 10.6. The van der Waals surface area contributed by atoms with Crippen LogP contribution in [0.2, 0.25) is 0 Å². The van der Waals surface area contributed by atoms with E-state index in [0.29, 0.717) is 0 Å². The van der Waals surface area contributed by atoms with Crippen molar-refractivity contribution in [2.75, 3.05) is 5.32 Å². The molecule has 1 N–H and O–H groups in total. The average Bonchev–Trinajstić information content (AvgIpc) is 2.15. The Kier molecular flexibility index (Phi) is 3.17. The molecule has 0 atom stereocenters. The van der Waals surface area contributed by atoms with E-state index in [1.807, 2.05) is 13.8 Å². The number of pyridine rings is 1. The molecule has 0 saturated carbocycles. The second-order valence-corrected chi connectivity index (χ2v) is 2.99. The first-order chi connectivity index (χ1) is 6.61. The quantitative estimate of drug-likeness (QED) is 0.590. The lowest BCUT2D eigenvalue weighted by atomic mass is 10.3. The fourth-order valence-electron chi connectivity index (χ4n) is 0.868. The van der Waals surface area contributed by atoms with E-state index < -0.39 is 4.92 Å². The second kappa shape index (κ2) is 4.36. The van der Waals surface area contributed by atoms with Crippen LogP contribution in [0.15, 0.2) is 30.1 Å². The lowest BCUT2D eigenvalue weighted by Gasteiger charge is -2.00. The smallest absolute Gasteiger partial charge is 0.311 e. The summed E-state index contributed by atoms with van der Waals surface area (Å²) in [4.78, 5) is 14.0. The SMILES string of the molecule is CC(C)=CNc1ncccc1[N+](=O)[O-]. The van der Waals surface area contributed by atoms with Gasteiger partial charge in [0.25, 0.3) is 0 Å². The van der Waals surface area contributed by atoms with Gasteiger partial charge in [0.1, 0.15) is 0 Å².